The molecule has 0 spiro atoms. The van der Waals surface area contributed by atoms with Gasteiger partial charge < -0.3 is 5.32 Å². The molecular formula is C24H23N5OS2. The van der Waals surface area contributed by atoms with Crippen LogP contribution < -0.4 is 5.32 Å². The van der Waals surface area contributed by atoms with E-state index in [9.17, 15) is 4.79 Å². The van der Waals surface area contributed by atoms with Crippen LogP contribution in [0.3, 0.4) is 0 Å². The summed E-state index contributed by atoms with van der Waals surface area (Å²) in [5.41, 5.74) is 3.94. The predicted molar refractivity (Wildman–Crippen MR) is 128 cm³/mol. The van der Waals surface area contributed by atoms with Gasteiger partial charge in [-0.2, -0.15) is 0 Å². The lowest BCUT2D eigenvalue weighted by atomic mass is 10.1. The molecule has 32 heavy (non-hydrogen) atoms. The summed E-state index contributed by atoms with van der Waals surface area (Å²) in [6, 6.07) is 18.9. The van der Waals surface area contributed by atoms with Crippen LogP contribution in [0.4, 0.5) is 0 Å². The van der Waals surface area contributed by atoms with Crippen LogP contribution in [-0.4, -0.2) is 31.7 Å². The molecule has 0 aliphatic heterocycles. The van der Waals surface area contributed by atoms with Gasteiger partial charge >= 0.3 is 0 Å². The largest absolute Gasteiger partial charge is 0.348 e. The summed E-state index contributed by atoms with van der Waals surface area (Å²) in [7, 11) is 0. The van der Waals surface area contributed by atoms with Gasteiger partial charge in [-0.15, -0.1) is 21.5 Å². The van der Waals surface area contributed by atoms with Crippen molar-refractivity contribution < 1.29 is 4.79 Å². The Kier molecular flexibility index (Phi) is 6.05. The minimum absolute atomic E-state index is 0.0757. The summed E-state index contributed by atoms with van der Waals surface area (Å²) in [6.45, 7) is 2.10. The van der Waals surface area contributed by atoms with Crippen molar-refractivity contribution in [2.45, 2.75) is 43.1 Å². The van der Waals surface area contributed by atoms with Gasteiger partial charge in [-0.1, -0.05) is 60.3 Å². The smallest absolute Gasteiger partial charge is 0.270 e. The molecular weight excluding hydrogens is 438 g/mol. The van der Waals surface area contributed by atoms with Crippen LogP contribution in [-0.2, 0) is 12.2 Å². The number of thiazole rings is 1. The number of carbonyl (C=O) groups excluding carboxylic acids is 1. The fourth-order valence-corrected chi connectivity index (χ4v) is 5.19. The molecule has 2 heterocycles. The summed E-state index contributed by atoms with van der Waals surface area (Å²) in [5, 5.41) is 15.6. The molecule has 0 radical (unpaired) electrons. The number of para-hydroxylation sites is 1. The number of amides is 1. The van der Waals surface area contributed by atoms with Gasteiger partial charge in [-0.25, -0.2) is 4.98 Å². The van der Waals surface area contributed by atoms with Crippen LogP contribution in [0, 0.1) is 6.92 Å². The van der Waals surface area contributed by atoms with Gasteiger partial charge in [0, 0.05) is 17.8 Å². The first kappa shape index (κ1) is 20.9. The van der Waals surface area contributed by atoms with Crippen molar-refractivity contribution in [3.05, 3.63) is 87.6 Å². The minimum Gasteiger partial charge on any atom is -0.348 e. The number of nitrogens with zero attached hydrogens (tertiary/aromatic N) is 4. The van der Waals surface area contributed by atoms with Crippen molar-refractivity contribution in [2.75, 3.05) is 0 Å². The van der Waals surface area contributed by atoms with E-state index in [0.717, 1.165) is 40.1 Å². The molecule has 0 atom stereocenters. The van der Waals surface area contributed by atoms with E-state index in [1.165, 1.54) is 16.9 Å². The van der Waals surface area contributed by atoms with Crippen LogP contribution in [0.1, 0.15) is 45.3 Å². The van der Waals surface area contributed by atoms with Crippen LogP contribution in [0.2, 0.25) is 0 Å². The summed E-state index contributed by atoms with van der Waals surface area (Å²) in [5.74, 6) is 1.46. The van der Waals surface area contributed by atoms with E-state index >= 15 is 0 Å². The Morgan fingerprint density at radius 2 is 1.91 bits per heavy atom. The van der Waals surface area contributed by atoms with Gasteiger partial charge in [0.2, 0.25) is 0 Å². The topological polar surface area (TPSA) is 72.7 Å². The van der Waals surface area contributed by atoms with Crippen molar-refractivity contribution in [2.24, 2.45) is 0 Å². The summed E-state index contributed by atoms with van der Waals surface area (Å²) < 4.78 is 2.14. The maximum atomic E-state index is 12.2. The number of hydrogen-bond acceptors (Lipinski definition) is 6. The third-order valence-electron chi connectivity index (χ3n) is 5.28. The molecule has 0 bridgehead atoms. The number of aromatic nitrogens is 4. The minimum atomic E-state index is -0.0757. The second-order valence-electron chi connectivity index (χ2n) is 7.85. The van der Waals surface area contributed by atoms with E-state index in [2.05, 4.69) is 56.3 Å². The van der Waals surface area contributed by atoms with Crippen LogP contribution in [0.5, 0.6) is 0 Å². The molecule has 1 aliphatic rings. The maximum Gasteiger partial charge on any atom is 0.270 e. The molecule has 2 aromatic carbocycles. The zero-order valence-corrected chi connectivity index (χ0v) is 19.3. The summed E-state index contributed by atoms with van der Waals surface area (Å²) in [4.78, 5) is 16.8. The molecule has 1 amide bonds. The van der Waals surface area contributed by atoms with Crippen molar-refractivity contribution in [3.8, 4) is 5.69 Å². The molecule has 1 fully saturated rings. The van der Waals surface area contributed by atoms with E-state index in [4.69, 9.17) is 0 Å². The average Bonchev–Trinajstić information content (AvgIpc) is 3.34. The third kappa shape index (κ3) is 4.76. The number of aryl methyl sites for hydroxylation is 1. The van der Waals surface area contributed by atoms with Crippen LogP contribution >= 0.6 is 23.1 Å². The van der Waals surface area contributed by atoms with E-state index in [0.29, 0.717) is 23.9 Å². The Morgan fingerprint density at radius 3 is 2.69 bits per heavy atom. The number of rotatable bonds is 8. The van der Waals surface area contributed by atoms with Crippen LogP contribution in [0.25, 0.3) is 5.69 Å². The molecule has 6 nitrogen and oxygen atoms in total. The highest BCUT2D eigenvalue weighted by Gasteiger charge is 2.25. The fourth-order valence-electron chi connectivity index (χ4n) is 3.44. The molecule has 0 unspecified atom stereocenters. The summed E-state index contributed by atoms with van der Waals surface area (Å²) >= 11 is 3.10. The predicted octanol–water partition coefficient (Wildman–Crippen LogP) is 4.81. The monoisotopic (exact) mass is 461 g/mol. The lowest BCUT2D eigenvalue weighted by Crippen LogP contribution is -2.25. The number of nitrogens with one attached hydrogen (secondary N) is 1. The number of thioether (sulfide) groups is 1. The number of hydrogen-bond donors (Lipinski definition) is 1. The van der Waals surface area contributed by atoms with Gasteiger partial charge in [-0.05, 0) is 37.0 Å². The Balaban J connectivity index is 1.38. The Bertz CT molecular complexity index is 1230. The molecule has 1 aliphatic carbocycles. The van der Waals surface area contributed by atoms with Crippen LogP contribution in [0.15, 0.2) is 65.1 Å². The van der Waals surface area contributed by atoms with Gasteiger partial charge in [0.05, 0.1) is 11.4 Å². The van der Waals surface area contributed by atoms with Gasteiger partial charge in [-0.3, -0.25) is 9.36 Å². The third-order valence-corrected chi connectivity index (χ3v) is 7.26. The quantitative estimate of drug-likeness (QED) is 0.381. The molecule has 1 saturated carbocycles. The maximum absolute atomic E-state index is 12.2. The molecule has 0 saturated heterocycles. The highest BCUT2D eigenvalue weighted by Crippen LogP contribution is 2.29. The van der Waals surface area contributed by atoms with Crippen molar-refractivity contribution in [1.29, 1.82) is 0 Å². The standard InChI is InChI=1S/C24H23N5OS2/c1-16-7-5-6-10-20(16)29-21(13-17-8-3-2-4-9-17)27-28-24(29)32-15-22-26-19(14-31-22)23(30)25-18-11-12-18/h2-10,14,18H,11-13,15H2,1H3,(H,25,30). The summed E-state index contributed by atoms with van der Waals surface area (Å²) in [6.07, 6.45) is 2.84. The fraction of sp³-hybridized carbons (Fsp3) is 0.250. The second kappa shape index (κ2) is 9.26. The zero-order chi connectivity index (χ0) is 21.9. The lowest BCUT2D eigenvalue weighted by Gasteiger charge is -2.12. The van der Waals surface area contributed by atoms with Crippen molar-refractivity contribution in [1.82, 2.24) is 25.1 Å². The first-order valence-electron chi connectivity index (χ1n) is 10.6. The van der Waals surface area contributed by atoms with E-state index in [-0.39, 0.29) is 5.91 Å². The molecule has 1 N–H and O–H groups in total. The Morgan fingerprint density at radius 1 is 1.12 bits per heavy atom. The molecule has 162 valence electrons. The molecule has 5 rings (SSSR count). The Labute approximate surface area is 195 Å². The first-order chi connectivity index (χ1) is 15.7. The van der Waals surface area contributed by atoms with E-state index < -0.39 is 0 Å². The van der Waals surface area contributed by atoms with Gasteiger partial charge in [0.1, 0.15) is 16.5 Å². The van der Waals surface area contributed by atoms with E-state index in [1.807, 2.05) is 35.7 Å². The number of carbonyl (C=O) groups is 1. The van der Waals surface area contributed by atoms with Gasteiger partial charge in [0.15, 0.2) is 5.16 Å². The molecule has 8 heteroatoms. The Hall–Kier alpha value is -2.97. The highest BCUT2D eigenvalue weighted by molar-refractivity contribution is 7.98. The van der Waals surface area contributed by atoms with E-state index in [1.54, 1.807) is 11.8 Å². The van der Waals surface area contributed by atoms with Crippen molar-refractivity contribution >= 4 is 29.0 Å². The zero-order valence-electron chi connectivity index (χ0n) is 17.7. The highest BCUT2D eigenvalue weighted by atomic mass is 32.2. The van der Waals surface area contributed by atoms with Gasteiger partial charge in [0.25, 0.3) is 5.91 Å². The normalized spacial score (nSPS) is 13.3. The van der Waals surface area contributed by atoms with Crippen molar-refractivity contribution in [3.63, 3.8) is 0 Å². The number of benzene rings is 2. The second-order valence-corrected chi connectivity index (χ2v) is 9.73. The lowest BCUT2D eigenvalue weighted by molar-refractivity contribution is 0.0946. The molecule has 2 aromatic heterocycles. The average molecular weight is 462 g/mol. The first-order valence-corrected chi connectivity index (χ1v) is 12.5. The SMILES string of the molecule is Cc1ccccc1-n1c(Cc2ccccc2)nnc1SCc1nc(C(=O)NC2CC2)cs1. The molecule has 4 aromatic rings.